The van der Waals surface area contributed by atoms with Crippen LogP contribution in [0.15, 0.2) is 30.3 Å². The molecule has 1 amide bonds. The van der Waals surface area contributed by atoms with Crippen LogP contribution in [0.5, 0.6) is 0 Å². The van der Waals surface area contributed by atoms with Crippen molar-refractivity contribution in [1.29, 1.82) is 0 Å². The number of nitrogens with one attached hydrogen (secondary N) is 1. The summed E-state index contributed by atoms with van der Waals surface area (Å²) >= 11 is 0. The zero-order valence-electron chi connectivity index (χ0n) is 13.3. The summed E-state index contributed by atoms with van der Waals surface area (Å²) in [6.45, 7) is 3.28. The molecular formula is C17H18F2N4O. The SMILES string of the molecule is Cc1ccc(N2CCC(C(=O)Nc3ccc(F)c(F)c3)CC2)nn1. The van der Waals surface area contributed by atoms with Crippen molar-refractivity contribution in [3.63, 3.8) is 0 Å². The molecule has 0 radical (unpaired) electrons. The Morgan fingerprint density at radius 2 is 1.88 bits per heavy atom. The highest BCUT2D eigenvalue weighted by molar-refractivity contribution is 5.92. The minimum absolute atomic E-state index is 0.159. The van der Waals surface area contributed by atoms with Gasteiger partial charge in [0.05, 0.1) is 5.69 Å². The Bertz CT molecular complexity index is 728. The van der Waals surface area contributed by atoms with E-state index in [1.54, 1.807) is 0 Å². The second-order valence-corrected chi connectivity index (χ2v) is 5.91. The first-order valence-corrected chi connectivity index (χ1v) is 7.84. The van der Waals surface area contributed by atoms with Gasteiger partial charge in [-0.1, -0.05) is 0 Å². The molecule has 1 aromatic carbocycles. The summed E-state index contributed by atoms with van der Waals surface area (Å²) in [4.78, 5) is 14.4. The van der Waals surface area contributed by atoms with Gasteiger partial charge in [0.2, 0.25) is 5.91 Å². The minimum atomic E-state index is -0.972. The Balaban J connectivity index is 1.56. The number of aromatic nitrogens is 2. The number of rotatable bonds is 3. The van der Waals surface area contributed by atoms with E-state index < -0.39 is 11.6 Å². The Hall–Kier alpha value is -2.57. The third-order valence-electron chi connectivity index (χ3n) is 4.16. The molecule has 0 atom stereocenters. The Morgan fingerprint density at radius 1 is 1.12 bits per heavy atom. The Labute approximate surface area is 138 Å². The molecule has 1 aromatic heterocycles. The summed E-state index contributed by atoms with van der Waals surface area (Å²) in [5.74, 6) is -1.43. The standard InChI is InChI=1S/C17H18F2N4O/c1-11-2-5-16(22-21-11)23-8-6-12(7-9-23)17(24)20-13-3-4-14(18)15(19)10-13/h2-5,10,12H,6-9H2,1H3,(H,20,24). The molecule has 1 aliphatic rings. The summed E-state index contributed by atoms with van der Waals surface area (Å²) in [5.41, 5.74) is 1.13. The van der Waals surface area contributed by atoms with Gasteiger partial charge in [0.15, 0.2) is 17.5 Å². The number of carbonyl (C=O) groups is 1. The molecule has 126 valence electrons. The predicted octanol–water partition coefficient (Wildman–Crippen LogP) is 2.92. The molecular weight excluding hydrogens is 314 g/mol. The molecule has 0 aliphatic carbocycles. The number of amides is 1. The predicted molar refractivity (Wildman–Crippen MR) is 86.7 cm³/mol. The maximum atomic E-state index is 13.2. The number of piperidine rings is 1. The number of benzene rings is 1. The zero-order chi connectivity index (χ0) is 17.1. The number of aryl methyl sites for hydroxylation is 1. The van der Waals surface area contributed by atoms with E-state index in [1.807, 2.05) is 19.1 Å². The lowest BCUT2D eigenvalue weighted by Gasteiger charge is -2.31. The topological polar surface area (TPSA) is 58.1 Å². The molecule has 0 saturated carbocycles. The molecule has 24 heavy (non-hydrogen) atoms. The third kappa shape index (κ3) is 3.67. The van der Waals surface area contributed by atoms with Gasteiger partial charge in [0.1, 0.15) is 0 Å². The molecule has 1 N–H and O–H groups in total. The highest BCUT2D eigenvalue weighted by atomic mass is 19.2. The fourth-order valence-corrected chi connectivity index (χ4v) is 2.75. The molecule has 0 bridgehead atoms. The molecule has 0 spiro atoms. The van der Waals surface area contributed by atoms with E-state index in [4.69, 9.17) is 0 Å². The highest BCUT2D eigenvalue weighted by Gasteiger charge is 2.26. The van der Waals surface area contributed by atoms with Crippen LogP contribution in [0, 0.1) is 24.5 Å². The van der Waals surface area contributed by atoms with Crippen LogP contribution in [-0.2, 0) is 4.79 Å². The summed E-state index contributed by atoms with van der Waals surface area (Å²) < 4.78 is 26.1. The van der Waals surface area contributed by atoms with Crippen molar-refractivity contribution in [2.75, 3.05) is 23.3 Å². The number of anilines is 2. The molecule has 0 unspecified atom stereocenters. The fraction of sp³-hybridized carbons (Fsp3) is 0.353. The monoisotopic (exact) mass is 332 g/mol. The molecule has 1 aliphatic heterocycles. The second-order valence-electron chi connectivity index (χ2n) is 5.91. The van der Waals surface area contributed by atoms with Crippen LogP contribution in [0.4, 0.5) is 20.3 Å². The minimum Gasteiger partial charge on any atom is -0.355 e. The fourth-order valence-electron chi connectivity index (χ4n) is 2.75. The van der Waals surface area contributed by atoms with E-state index in [1.165, 1.54) is 6.07 Å². The Kier molecular flexibility index (Phi) is 4.69. The van der Waals surface area contributed by atoms with Crippen LogP contribution in [0.3, 0.4) is 0 Å². The molecule has 2 heterocycles. The lowest BCUT2D eigenvalue weighted by molar-refractivity contribution is -0.120. The van der Waals surface area contributed by atoms with Crippen molar-refractivity contribution in [1.82, 2.24) is 10.2 Å². The molecule has 5 nitrogen and oxygen atoms in total. The van der Waals surface area contributed by atoms with E-state index in [0.29, 0.717) is 25.9 Å². The first kappa shape index (κ1) is 16.3. The molecule has 1 saturated heterocycles. The maximum absolute atomic E-state index is 13.2. The van der Waals surface area contributed by atoms with Gasteiger partial charge >= 0.3 is 0 Å². The van der Waals surface area contributed by atoms with E-state index in [9.17, 15) is 13.6 Å². The smallest absolute Gasteiger partial charge is 0.227 e. The van der Waals surface area contributed by atoms with Crippen LogP contribution in [-0.4, -0.2) is 29.2 Å². The van der Waals surface area contributed by atoms with Crippen LogP contribution < -0.4 is 10.2 Å². The number of carbonyl (C=O) groups excluding carboxylic acids is 1. The van der Waals surface area contributed by atoms with E-state index in [2.05, 4.69) is 20.4 Å². The Morgan fingerprint density at radius 3 is 2.50 bits per heavy atom. The van der Waals surface area contributed by atoms with Crippen molar-refractivity contribution in [2.24, 2.45) is 5.92 Å². The van der Waals surface area contributed by atoms with Gasteiger partial charge in [0.25, 0.3) is 0 Å². The van der Waals surface area contributed by atoms with Gasteiger partial charge in [-0.3, -0.25) is 4.79 Å². The number of hydrogen-bond acceptors (Lipinski definition) is 4. The highest BCUT2D eigenvalue weighted by Crippen LogP contribution is 2.23. The van der Waals surface area contributed by atoms with Gasteiger partial charge < -0.3 is 10.2 Å². The van der Waals surface area contributed by atoms with Crippen molar-refractivity contribution in [3.05, 3.63) is 47.7 Å². The van der Waals surface area contributed by atoms with E-state index in [0.717, 1.165) is 23.6 Å². The molecule has 7 heteroatoms. The third-order valence-corrected chi connectivity index (χ3v) is 4.16. The average Bonchev–Trinajstić information content (AvgIpc) is 2.59. The van der Waals surface area contributed by atoms with Crippen molar-refractivity contribution in [3.8, 4) is 0 Å². The number of hydrogen-bond donors (Lipinski definition) is 1. The molecule has 2 aromatic rings. The normalized spacial score (nSPS) is 15.4. The quantitative estimate of drug-likeness (QED) is 0.939. The van der Waals surface area contributed by atoms with Crippen molar-refractivity contribution >= 4 is 17.4 Å². The average molecular weight is 332 g/mol. The van der Waals surface area contributed by atoms with Gasteiger partial charge in [-0.25, -0.2) is 8.78 Å². The van der Waals surface area contributed by atoms with Gasteiger partial charge in [-0.2, -0.15) is 5.10 Å². The van der Waals surface area contributed by atoms with E-state index >= 15 is 0 Å². The van der Waals surface area contributed by atoms with Gasteiger partial charge in [-0.15, -0.1) is 5.10 Å². The van der Waals surface area contributed by atoms with Crippen molar-refractivity contribution < 1.29 is 13.6 Å². The van der Waals surface area contributed by atoms with Gasteiger partial charge in [-0.05, 0) is 44.0 Å². The van der Waals surface area contributed by atoms with Crippen LogP contribution in [0.25, 0.3) is 0 Å². The van der Waals surface area contributed by atoms with Crippen molar-refractivity contribution in [2.45, 2.75) is 19.8 Å². The summed E-state index contributed by atoms with van der Waals surface area (Å²) in [5, 5.41) is 10.8. The summed E-state index contributed by atoms with van der Waals surface area (Å²) in [7, 11) is 0. The van der Waals surface area contributed by atoms with Crippen LogP contribution in [0.1, 0.15) is 18.5 Å². The van der Waals surface area contributed by atoms with E-state index in [-0.39, 0.29) is 17.5 Å². The van der Waals surface area contributed by atoms with Gasteiger partial charge in [0, 0.05) is 30.8 Å². The second kappa shape index (κ2) is 6.90. The summed E-state index contributed by atoms with van der Waals surface area (Å²) in [6, 6.07) is 7.18. The maximum Gasteiger partial charge on any atom is 0.227 e. The lowest BCUT2D eigenvalue weighted by Crippen LogP contribution is -2.38. The van der Waals surface area contributed by atoms with Crippen LogP contribution >= 0.6 is 0 Å². The summed E-state index contributed by atoms with van der Waals surface area (Å²) in [6.07, 6.45) is 1.34. The number of halogens is 2. The lowest BCUT2D eigenvalue weighted by atomic mass is 9.96. The first-order valence-electron chi connectivity index (χ1n) is 7.84. The first-order chi connectivity index (χ1) is 11.5. The largest absolute Gasteiger partial charge is 0.355 e. The molecule has 1 fully saturated rings. The zero-order valence-corrected chi connectivity index (χ0v) is 13.3. The van der Waals surface area contributed by atoms with Crippen LogP contribution in [0.2, 0.25) is 0 Å². The molecule has 3 rings (SSSR count). The number of nitrogens with zero attached hydrogens (tertiary/aromatic N) is 3.